The first kappa shape index (κ1) is 19.6. The normalized spacial score (nSPS) is 15.6. The van der Waals surface area contributed by atoms with Crippen LogP contribution in [0.1, 0.15) is 29.5 Å². The van der Waals surface area contributed by atoms with Crippen LogP contribution in [0.15, 0.2) is 47.5 Å². The van der Waals surface area contributed by atoms with Crippen LogP contribution in [-0.2, 0) is 13.0 Å². The van der Waals surface area contributed by atoms with Crippen LogP contribution < -0.4 is 10.6 Å². The molecule has 0 heterocycles. The minimum absolute atomic E-state index is 0. The Kier molecular flexibility index (Phi) is 7.16. The van der Waals surface area contributed by atoms with Gasteiger partial charge in [-0.3, -0.25) is 0 Å². The molecule has 6 heteroatoms. The number of hydrogen-bond acceptors (Lipinski definition) is 1. The molecule has 0 spiro atoms. The summed E-state index contributed by atoms with van der Waals surface area (Å²) >= 11 is 0. The van der Waals surface area contributed by atoms with E-state index in [1.165, 1.54) is 17.2 Å². The van der Waals surface area contributed by atoms with Gasteiger partial charge in [-0.2, -0.15) is 0 Å². The Morgan fingerprint density at radius 3 is 2.72 bits per heavy atom. The number of hydrogen-bond donors (Lipinski definition) is 2. The number of aliphatic imine (C=N–C) groups is 1. The summed E-state index contributed by atoms with van der Waals surface area (Å²) in [5, 5.41) is 6.43. The van der Waals surface area contributed by atoms with Crippen LogP contribution in [0, 0.1) is 11.6 Å². The zero-order valence-electron chi connectivity index (χ0n) is 14.1. The fourth-order valence-electron chi connectivity index (χ4n) is 2.94. The standard InChI is InChI=1S/C19H21F2N3.HI/c1-2-22-19(24-12-15-10-16(20)7-8-18(15)21)23-11-14-9-13-5-3-4-6-17(13)14;/h3-8,10,14H,2,9,11-12H2,1H3,(H2,22,23,24);1H. The molecule has 0 fully saturated rings. The topological polar surface area (TPSA) is 36.4 Å². The predicted molar refractivity (Wildman–Crippen MR) is 107 cm³/mol. The molecular weight excluding hydrogens is 435 g/mol. The monoisotopic (exact) mass is 457 g/mol. The Labute approximate surface area is 164 Å². The minimum Gasteiger partial charge on any atom is -0.357 e. The Bertz CT molecular complexity index is 749. The van der Waals surface area contributed by atoms with Crippen LogP contribution >= 0.6 is 24.0 Å². The number of rotatable bonds is 5. The third-order valence-electron chi connectivity index (χ3n) is 4.24. The van der Waals surface area contributed by atoms with E-state index in [4.69, 9.17) is 0 Å². The molecule has 0 saturated carbocycles. The summed E-state index contributed by atoms with van der Waals surface area (Å²) in [5.74, 6) is 0.191. The van der Waals surface area contributed by atoms with Crippen molar-refractivity contribution in [2.24, 2.45) is 4.99 Å². The van der Waals surface area contributed by atoms with Crippen LogP contribution in [0.4, 0.5) is 8.78 Å². The van der Waals surface area contributed by atoms with Crippen molar-refractivity contribution in [2.45, 2.75) is 25.8 Å². The Balaban J connectivity index is 0.00000225. The summed E-state index contributed by atoms with van der Waals surface area (Å²) in [5.41, 5.74) is 3.02. The molecule has 0 saturated heterocycles. The molecule has 1 aliphatic carbocycles. The molecule has 0 aliphatic heterocycles. The molecule has 0 bridgehead atoms. The van der Waals surface area contributed by atoms with Crippen LogP contribution in [-0.4, -0.2) is 19.0 Å². The van der Waals surface area contributed by atoms with Gasteiger partial charge in [0.25, 0.3) is 0 Å². The van der Waals surface area contributed by atoms with Crippen LogP contribution in [0.25, 0.3) is 0 Å². The summed E-state index contributed by atoms with van der Waals surface area (Å²) in [6, 6.07) is 11.8. The summed E-state index contributed by atoms with van der Waals surface area (Å²) < 4.78 is 26.9. The highest BCUT2D eigenvalue weighted by atomic mass is 127. The summed E-state index contributed by atoms with van der Waals surface area (Å²) in [4.78, 5) is 4.36. The lowest BCUT2D eigenvalue weighted by Gasteiger charge is -2.30. The smallest absolute Gasteiger partial charge is 0.191 e. The lowest BCUT2D eigenvalue weighted by atomic mass is 9.78. The highest BCUT2D eigenvalue weighted by Gasteiger charge is 2.25. The van der Waals surface area contributed by atoms with Gasteiger partial charge in [0.1, 0.15) is 11.6 Å². The fraction of sp³-hybridized carbons (Fsp3) is 0.316. The number of nitrogens with one attached hydrogen (secondary N) is 2. The van der Waals surface area contributed by atoms with Gasteiger partial charge in [-0.05, 0) is 42.7 Å². The van der Waals surface area contributed by atoms with E-state index < -0.39 is 11.6 Å². The van der Waals surface area contributed by atoms with E-state index in [0.717, 1.165) is 25.1 Å². The van der Waals surface area contributed by atoms with E-state index in [1.807, 2.05) is 6.92 Å². The van der Waals surface area contributed by atoms with Crippen molar-refractivity contribution in [3.8, 4) is 0 Å². The van der Waals surface area contributed by atoms with Gasteiger partial charge in [0.05, 0.1) is 6.54 Å². The Morgan fingerprint density at radius 2 is 1.96 bits per heavy atom. The second kappa shape index (κ2) is 9.12. The van der Waals surface area contributed by atoms with E-state index in [2.05, 4.69) is 39.9 Å². The van der Waals surface area contributed by atoms with E-state index in [1.54, 1.807) is 0 Å². The molecular formula is C19H22F2IN3. The minimum atomic E-state index is -0.453. The Morgan fingerprint density at radius 1 is 1.16 bits per heavy atom. The van der Waals surface area contributed by atoms with Crippen LogP contribution in [0.3, 0.4) is 0 Å². The number of benzene rings is 2. The lowest BCUT2D eigenvalue weighted by molar-refractivity contribution is 0.579. The van der Waals surface area contributed by atoms with Gasteiger partial charge in [-0.15, -0.1) is 24.0 Å². The van der Waals surface area contributed by atoms with Crippen LogP contribution in [0.2, 0.25) is 0 Å². The number of fused-ring (bicyclic) bond motifs is 1. The molecule has 2 aromatic rings. The van der Waals surface area contributed by atoms with Crippen LogP contribution in [0.5, 0.6) is 0 Å². The summed E-state index contributed by atoms with van der Waals surface area (Å²) in [6.45, 7) is 3.55. The van der Waals surface area contributed by atoms with Gasteiger partial charge >= 0.3 is 0 Å². The molecule has 1 unspecified atom stereocenters. The van der Waals surface area contributed by atoms with Gasteiger partial charge in [-0.1, -0.05) is 24.3 Å². The third-order valence-corrected chi connectivity index (χ3v) is 4.24. The van der Waals surface area contributed by atoms with Crippen molar-refractivity contribution < 1.29 is 8.78 Å². The largest absolute Gasteiger partial charge is 0.357 e. The molecule has 0 amide bonds. The van der Waals surface area contributed by atoms with Crippen molar-refractivity contribution in [2.75, 3.05) is 13.1 Å². The Hall–Kier alpha value is -1.70. The molecule has 0 aromatic heterocycles. The molecule has 3 rings (SSSR count). The van der Waals surface area contributed by atoms with Crippen molar-refractivity contribution in [1.29, 1.82) is 0 Å². The van der Waals surface area contributed by atoms with Gasteiger partial charge in [0.2, 0.25) is 0 Å². The highest BCUT2D eigenvalue weighted by molar-refractivity contribution is 14.0. The number of nitrogens with zero attached hydrogens (tertiary/aromatic N) is 1. The van der Waals surface area contributed by atoms with Crippen molar-refractivity contribution in [3.05, 3.63) is 70.8 Å². The third kappa shape index (κ3) is 4.90. The average molecular weight is 457 g/mol. The molecule has 134 valence electrons. The van der Waals surface area contributed by atoms with E-state index in [-0.39, 0.29) is 36.1 Å². The zero-order valence-corrected chi connectivity index (χ0v) is 16.4. The molecule has 1 atom stereocenters. The highest BCUT2D eigenvalue weighted by Crippen LogP contribution is 2.33. The van der Waals surface area contributed by atoms with Gasteiger partial charge in [0.15, 0.2) is 5.96 Å². The molecule has 0 radical (unpaired) electrons. The number of halogens is 3. The molecule has 25 heavy (non-hydrogen) atoms. The van der Waals surface area contributed by atoms with E-state index in [0.29, 0.717) is 18.4 Å². The average Bonchev–Trinajstić information content (AvgIpc) is 2.56. The van der Waals surface area contributed by atoms with Crippen molar-refractivity contribution >= 4 is 29.9 Å². The predicted octanol–water partition coefficient (Wildman–Crippen LogP) is 3.98. The molecule has 1 aliphatic rings. The lowest BCUT2D eigenvalue weighted by Crippen LogP contribution is -2.41. The summed E-state index contributed by atoms with van der Waals surface area (Å²) in [7, 11) is 0. The summed E-state index contributed by atoms with van der Waals surface area (Å²) in [6.07, 6.45) is 1.06. The maximum Gasteiger partial charge on any atom is 0.191 e. The first-order valence-electron chi connectivity index (χ1n) is 8.21. The second-order valence-electron chi connectivity index (χ2n) is 5.91. The van der Waals surface area contributed by atoms with Gasteiger partial charge in [0, 0.05) is 24.6 Å². The SMILES string of the molecule is CCNC(=NCc1cc(F)ccc1F)NCC1Cc2ccccc21.I. The quantitative estimate of drug-likeness (QED) is 0.405. The molecule has 3 nitrogen and oxygen atoms in total. The maximum atomic E-state index is 13.7. The first-order chi connectivity index (χ1) is 11.7. The molecule has 2 aromatic carbocycles. The van der Waals surface area contributed by atoms with Gasteiger partial charge in [-0.25, -0.2) is 13.8 Å². The first-order valence-corrected chi connectivity index (χ1v) is 8.21. The fourth-order valence-corrected chi connectivity index (χ4v) is 2.94. The second-order valence-corrected chi connectivity index (χ2v) is 5.91. The van der Waals surface area contributed by atoms with Gasteiger partial charge < -0.3 is 10.6 Å². The van der Waals surface area contributed by atoms with E-state index >= 15 is 0 Å². The van der Waals surface area contributed by atoms with Crippen molar-refractivity contribution in [1.82, 2.24) is 10.6 Å². The molecule has 2 N–H and O–H groups in total. The maximum absolute atomic E-state index is 13.7. The van der Waals surface area contributed by atoms with Crippen molar-refractivity contribution in [3.63, 3.8) is 0 Å². The number of guanidine groups is 1. The van der Waals surface area contributed by atoms with E-state index in [9.17, 15) is 8.78 Å². The zero-order chi connectivity index (χ0) is 16.9.